The van der Waals surface area contributed by atoms with Gasteiger partial charge in [-0.05, 0) is 38.8 Å². The van der Waals surface area contributed by atoms with Crippen LogP contribution < -0.4 is 25.8 Å². The molecule has 0 aromatic heterocycles. The number of aliphatic carboxylic acids is 1. The van der Waals surface area contributed by atoms with Gasteiger partial charge in [-0.25, -0.2) is 22.0 Å². The second kappa shape index (κ2) is 12.2. The van der Waals surface area contributed by atoms with E-state index < -0.39 is 61.0 Å². The van der Waals surface area contributed by atoms with E-state index in [1.165, 1.54) is 6.92 Å². The Morgan fingerprint density at radius 1 is 1.31 bits per heavy atom. The van der Waals surface area contributed by atoms with Crippen molar-refractivity contribution in [3.63, 3.8) is 0 Å². The molecule has 2 rings (SSSR count). The lowest BCUT2D eigenvalue weighted by molar-refractivity contribution is -0.147. The first-order chi connectivity index (χ1) is 16.7. The Labute approximate surface area is 213 Å². The summed E-state index contributed by atoms with van der Waals surface area (Å²) >= 11 is 5.93. The summed E-state index contributed by atoms with van der Waals surface area (Å²) in [6.07, 6.45) is -0.886. The molecule has 0 spiro atoms. The van der Waals surface area contributed by atoms with Crippen LogP contribution >= 0.6 is 11.6 Å². The maximum Gasteiger partial charge on any atom is 0.323 e. The fourth-order valence-corrected chi connectivity index (χ4v) is 5.82. The summed E-state index contributed by atoms with van der Waals surface area (Å²) in [7, 11) is -8.45. The van der Waals surface area contributed by atoms with E-state index >= 15 is 0 Å². The van der Waals surface area contributed by atoms with Gasteiger partial charge >= 0.3 is 11.9 Å². The Morgan fingerprint density at radius 3 is 2.56 bits per heavy atom. The van der Waals surface area contributed by atoms with Gasteiger partial charge in [0.25, 0.3) is 0 Å². The number of rotatable bonds is 12. The van der Waals surface area contributed by atoms with Crippen molar-refractivity contribution in [2.75, 3.05) is 18.5 Å². The summed E-state index contributed by atoms with van der Waals surface area (Å²) in [6.45, 7) is 3.25. The van der Waals surface area contributed by atoms with Crippen LogP contribution in [0.25, 0.3) is 0 Å². The van der Waals surface area contributed by atoms with Gasteiger partial charge in [-0.3, -0.25) is 19.7 Å². The first-order valence-electron chi connectivity index (χ1n) is 10.7. The molecular weight excluding hydrogens is 542 g/mol. The number of carbonyl (C=O) groups is 3. The van der Waals surface area contributed by atoms with Crippen LogP contribution in [0.3, 0.4) is 0 Å². The molecule has 7 N–H and O–H groups in total. The molecule has 1 aliphatic rings. The number of esters is 1. The van der Waals surface area contributed by atoms with E-state index in [9.17, 15) is 31.2 Å². The van der Waals surface area contributed by atoms with E-state index in [-0.39, 0.29) is 41.6 Å². The zero-order chi connectivity index (χ0) is 27.3. The van der Waals surface area contributed by atoms with Crippen molar-refractivity contribution < 1.29 is 41.1 Å². The van der Waals surface area contributed by atoms with Crippen LogP contribution in [-0.2, 0) is 39.2 Å². The van der Waals surface area contributed by atoms with Crippen molar-refractivity contribution in [2.45, 2.75) is 61.2 Å². The maximum atomic E-state index is 12.6. The number of hydrogen-bond acceptors (Lipinski definition) is 10. The summed E-state index contributed by atoms with van der Waals surface area (Å²) in [4.78, 5) is 34.5. The molecule has 1 aliphatic heterocycles. The molecule has 1 heterocycles. The predicted octanol–water partition coefficient (Wildman–Crippen LogP) is -0.702. The molecular formula is C19H28ClN5O9S2. The fourth-order valence-electron chi connectivity index (χ4n) is 3.33. The summed E-state index contributed by atoms with van der Waals surface area (Å²) < 4.78 is 55.6. The number of nitrogens with one attached hydrogen (secondary N) is 4. The number of benzene rings is 1. The molecule has 0 aliphatic carbocycles. The normalized spacial score (nSPS) is 18.3. The average molecular weight is 570 g/mol. The number of carbonyl (C=O) groups excluding carboxylic acids is 2. The Balaban J connectivity index is 1.96. The number of halogens is 1. The lowest BCUT2D eigenvalue weighted by atomic mass is 10.1. The molecule has 36 heavy (non-hydrogen) atoms. The highest BCUT2D eigenvalue weighted by molar-refractivity contribution is 7.90. The summed E-state index contributed by atoms with van der Waals surface area (Å²) in [5.41, 5.74) is -0.000136. The van der Waals surface area contributed by atoms with Gasteiger partial charge in [0, 0.05) is 6.54 Å². The topological polar surface area (TPSA) is 223 Å². The molecule has 0 saturated carbocycles. The molecule has 0 radical (unpaired) electrons. The van der Waals surface area contributed by atoms with Gasteiger partial charge in [-0.2, -0.15) is 4.72 Å². The van der Waals surface area contributed by atoms with Crippen LogP contribution in [0.1, 0.15) is 33.1 Å². The average Bonchev–Trinajstić information content (AvgIpc) is 2.73. The molecule has 17 heteroatoms. The number of carboxylic acids is 1. The second-order valence-corrected chi connectivity index (χ2v) is 11.5. The Kier molecular flexibility index (Phi) is 10.0. The number of primary sulfonamides is 1. The molecule has 1 amide bonds. The van der Waals surface area contributed by atoms with Crippen LogP contribution in [0.2, 0.25) is 5.02 Å². The van der Waals surface area contributed by atoms with Gasteiger partial charge in [-0.15, -0.1) is 0 Å². The van der Waals surface area contributed by atoms with Gasteiger partial charge in [0.05, 0.1) is 29.9 Å². The van der Waals surface area contributed by atoms with Gasteiger partial charge in [-0.1, -0.05) is 11.6 Å². The Bertz CT molecular complexity index is 1220. The molecule has 14 nitrogen and oxygen atoms in total. The van der Waals surface area contributed by atoms with Crippen LogP contribution in [0.4, 0.5) is 5.69 Å². The van der Waals surface area contributed by atoms with Crippen LogP contribution in [0.5, 0.6) is 0 Å². The summed E-state index contributed by atoms with van der Waals surface area (Å²) in [5.74, 6) is -2.27. The van der Waals surface area contributed by atoms with Crippen LogP contribution in [0.15, 0.2) is 21.9 Å². The van der Waals surface area contributed by atoms with Crippen molar-refractivity contribution in [3.8, 4) is 0 Å². The number of ether oxygens (including phenoxy) is 1. The number of carboxylic acid groups (broad SMARTS) is 1. The number of sulfonamides is 2. The SMILES string of the molecule is CCOC(=O)[C@H](CCCNC(=O)C[C@H]1Nc2cc(Cl)c(S(N)(=O)=O)cc2S(=O)(=O)N1)NC(C)C(=O)O. The quantitative estimate of drug-likeness (QED) is 0.136. The smallest absolute Gasteiger partial charge is 0.323 e. The standard InChI is InChI=1S/C19H28ClN5O9S2/c1-3-34-19(29)12(23-10(2)18(27)28)5-4-6-22-17(26)9-16-24-13-7-11(20)14(35(21,30)31)8-15(13)36(32,33)25-16/h7-8,10,12,16,23-25H,3-6,9H2,1-2H3,(H,22,26)(H,27,28)(H2,21,30,31)/t10?,12-,16-/m0/s1. The van der Waals surface area contributed by atoms with Crippen LogP contribution in [0, 0.1) is 0 Å². The van der Waals surface area contributed by atoms with Crippen molar-refractivity contribution in [2.24, 2.45) is 5.14 Å². The molecule has 0 fully saturated rings. The third kappa shape index (κ3) is 8.01. The fraction of sp³-hybridized carbons (Fsp3) is 0.526. The minimum atomic E-state index is -4.27. The highest BCUT2D eigenvalue weighted by Gasteiger charge is 2.33. The molecule has 1 aromatic rings. The molecule has 0 bridgehead atoms. The predicted molar refractivity (Wildman–Crippen MR) is 128 cm³/mol. The van der Waals surface area contributed by atoms with Gasteiger partial charge in [0.15, 0.2) is 0 Å². The van der Waals surface area contributed by atoms with E-state index in [2.05, 4.69) is 20.7 Å². The maximum absolute atomic E-state index is 12.6. The van der Waals surface area contributed by atoms with Crippen molar-refractivity contribution >= 4 is 55.2 Å². The number of anilines is 1. The zero-order valence-electron chi connectivity index (χ0n) is 19.4. The number of fused-ring (bicyclic) bond motifs is 1. The molecule has 3 atom stereocenters. The van der Waals surface area contributed by atoms with Crippen LogP contribution in [-0.4, -0.2) is 71.2 Å². The molecule has 1 unspecified atom stereocenters. The summed E-state index contributed by atoms with van der Waals surface area (Å²) in [6, 6.07) is 0.0540. The third-order valence-electron chi connectivity index (χ3n) is 5.03. The summed E-state index contributed by atoms with van der Waals surface area (Å²) in [5, 5.41) is 21.8. The van der Waals surface area contributed by atoms with Gasteiger partial charge in [0.2, 0.25) is 26.0 Å². The first-order valence-corrected chi connectivity index (χ1v) is 14.1. The lowest BCUT2D eigenvalue weighted by Crippen LogP contribution is -2.48. The van der Waals surface area contributed by atoms with Gasteiger partial charge < -0.3 is 20.5 Å². The second-order valence-electron chi connectivity index (χ2n) is 7.87. The minimum Gasteiger partial charge on any atom is -0.480 e. The number of amides is 1. The number of hydrogen-bond donors (Lipinski definition) is 6. The van der Waals surface area contributed by atoms with E-state index in [1.54, 1.807) is 6.92 Å². The monoisotopic (exact) mass is 569 g/mol. The Morgan fingerprint density at radius 2 is 1.97 bits per heavy atom. The van der Waals surface area contributed by atoms with E-state index in [4.69, 9.17) is 26.6 Å². The highest BCUT2D eigenvalue weighted by Crippen LogP contribution is 2.33. The van der Waals surface area contributed by atoms with Crippen molar-refractivity contribution in [1.82, 2.24) is 15.4 Å². The van der Waals surface area contributed by atoms with Crippen molar-refractivity contribution in [3.05, 3.63) is 17.2 Å². The molecule has 1 aromatic carbocycles. The van der Waals surface area contributed by atoms with E-state index in [1.807, 2.05) is 0 Å². The molecule has 202 valence electrons. The minimum absolute atomic E-state index is 0.000136. The lowest BCUT2D eigenvalue weighted by Gasteiger charge is -2.28. The zero-order valence-corrected chi connectivity index (χ0v) is 21.8. The van der Waals surface area contributed by atoms with Gasteiger partial charge in [0.1, 0.15) is 21.9 Å². The van der Waals surface area contributed by atoms with E-state index in [0.29, 0.717) is 6.42 Å². The van der Waals surface area contributed by atoms with Crippen molar-refractivity contribution in [1.29, 1.82) is 0 Å². The Hall–Kier alpha value is -2.50. The molecule has 0 saturated heterocycles. The largest absolute Gasteiger partial charge is 0.480 e. The highest BCUT2D eigenvalue weighted by atomic mass is 35.5. The third-order valence-corrected chi connectivity index (χ3v) is 7.92. The number of nitrogens with two attached hydrogens (primary N) is 1. The first kappa shape index (κ1) is 29.7. The van der Waals surface area contributed by atoms with E-state index in [0.717, 1.165) is 12.1 Å².